The lowest BCUT2D eigenvalue weighted by Crippen LogP contribution is -2.43. The van der Waals surface area contributed by atoms with Crippen LogP contribution in [0.2, 0.25) is 0 Å². The summed E-state index contributed by atoms with van der Waals surface area (Å²) in [6, 6.07) is 2.49. The van der Waals surface area contributed by atoms with Gasteiger partial charge in [0.2, 0.25) is 0 Å². The molecule has 1 spiro atoms. The van der Waals surface area contributed by atoms with Crippen LogP contribution in [0.4, 0.5) is 0 Å². The third kappa shape index (κ3) is 3.90. The molecule has 2 heterocycles. The number of thiophene rings is 1. The monoisotopic (exact) mass is 348 g/mol. The Morgan fingerprint density at radius 1 is 1.58 bits per heavy atom. The molecule has 1 aromatic heterocycles. The minimum Gasteiger partial charge on any atom is -0.368 e. The molecule has 2 unspecified atom stereocenters. The van der Waals surface area contributed by atoms with Crippen LogP contribution in [-0.4, -0.2) is 42.6 Å². The molecule has 0 bridgehead atoms. The van der Waals surface area contributed by atoms with Crippen LogP contribution in [0.15, 0.2) is 29.5 Å². The van der Waals surface area contributed by atoms with E-state index in [4.69, 9.17) is 4.74 Å². The van der Waals surface area contributed by atoms with E-state index < -0.39 is 0 Å². The van der Waals surface area contributed by atoms with Crippen LogP contribution in [-0.2, 0) is 16.1 Å². The zero-order chi connectivity index (χ0) is 17.0. The quantitative estimate of drug-likeness (QED) is 0.579. The highest BCUT2D eigenvalue weighted by molar-refractivity contribution is 7.07. The Labute approximate surface area is 148 Å². The standard InChI is InChI=1S/C19H28N2O2S/c1-3-4-10-23-15(2)18(22)21(13-16-5-11-24-14-16)17-12-19(17)6-8-20-9-7-19/h3,5,11,14-15,17,20H,1,4,6-10,12-13H2,2H3. The Morgan fingerprint density at radius 3 is 3.04 bits per heavy atom. The summed E-state index contributed by atoms with van der Waals surface area (Å²) in [6.45, 7) is 8.99. The van der Waals surface area contributed by atoms with Gasteiger partial charge in [-0.2, -0.15) is 11.3 Å². The number of nitrogens with zero attached hydrogens (tertiary/aromatic N) is 1. The van der Waals surface area contributed by atoms with Crippen LogP contribution in [0, 0.1) is 5.41 Å². The predicted molar refractivity (Wildman–Crippen MR) is 98.0 cm³/mol. The molecule has 24 heavy (non-hydrogen) atoms. The zero-order valence-electron chi connectivity index (χ0n) is 14.5. The lowest BCUT2D eigenvalue weighted by Gasteiger charge is -2.31. The van der Waals surface area contributed by atoms with Crippen molar-refractivity contribution in [2.24, 2.45) is 5.41 Å². The van der Waals surface area contributed by atoms with Gasteiger partial charge in [0.05, 0.1) is 6.61 Å². The first-order valence-electron chi connectivity index (χ1n) is 8.91. The summed E-state index contributed by atoms with van der Waals surface area (Å²) in [4.78, 5) is 15.1. The summed E-state index contributed by atoms with van der Waals surface area (Å²) in [7, 11) is 0. The van der Waals surface area contributed by atoms with Crippen LogP contribution < -0.4 is 5.32 Å². The van der Waals surface area contributed by atoms with E-state index in [1.807, 2.05) is 13.0 Å². The molecule has 3 rings (SSSR count). The van der Waals surface area contributed by atoms with E-state index in [0.717, 1.165) is 25.9 Å². The zero-order valence-corrected chi connectivity index (χ0v) is 15.3. The lowest BCUT2D eigenvalue weighted by molar-refractivity contribution is -0.144. The molecule has 1 amide bonds. The second-order valence-electron chi connectivity index (χ2n) is 7.02. The molecular weight excluding hydrogens is 320 g/mol. The van der Waals surface area contributed by atoms with Gasteiger partial charge in [0, 0.05) is 12.6 Å². The van der Waals surface area contributed by atoms with Gasteiger partial charge in [-0.15, -0.1) is 6.58 Å². The molecule has 4 nitrogen and oxygen atoms in total. The summed E-state index contributed by atoms with van der Waals surface area (Å²) in [5, 5.41) is 7.65. The highest BCUT2D eigenvalue weighted by atomic mass is 32.1. The third-order valence-corrected chi connectivity index (χ3v) is 6.11. The number of piperidine rings is 1. The third-order valence-electron chi connectivity index (χ3n) is 5.38. The fraction of sp³-hybridized carbons (Fsp3) is 0.632. The van der Waals surface area contributed by atoms with Crippen molar-refractivity contribution >= 4 is 17.2 Å². The fourth-order valence-corrected chi connectivity index (χ4v) is 4.44. The van der Waals surface area contributed by atoms with Crippen LogP contribution in [0.5, 0.6) is 0 Å². The van der Waals surface area contributed by atoms with Crippen molar-refractivity contribution in [1.29, 1.82) is 0 Å². The van der Waals surface area contributed by atoms with Gasteiger partial charge in [-0.3, -0.25) is 4.79 Å². The number of carbonyl (C=O) groups excluding carboxylic acids is 1. The van der Waals surface area contributed by atoms with E-state index in [0.29, 0.717) is 24.6 Å². The summed E-state index contributed by atoms with van der Waals surface area (Å²) in [5.74, 6) is 0.130. The Hall–Kier alpha value is -1.17. The maximum Gasteiger partial charge on any atom is 0.251 e. The molecule has 5 heteroatoms. The van der Waals surface area contributed by atoms with Crippen LogP contribution in [0.3, 0.4) is 0 Å². The van der Waals surface area contributed by atoms with Gasteiger partial charge in [0.1, 0.15) is 6.10 Å². The van der Waals surface area contributed by atoms with E-state index >= 15 is 0 Å². The van der Waals surface area contributed by atoms with Crippen molar-refractivity contribution in [3.8, 4) is 0 Å². The Balaban J connectivity index is 1.68. The van der Waals surface area contributed by atoms with E-state index in [9.17, 15) is 4.79 Å². The highest BCUT2D eigenvalue weighted by Gasteiger charge is 2.58. The molecule has 1 saturated heterocycles. The number of nitrogens with one attached hydrogen (secondary N) is 1. The number of hydrogen-bond acceptors (Lipinski definition) is 4. The van der Waals surface area contributed by atoms with Crippen molar-refractivity contribution in [3.63, 3.8) is 0 Å². The van der Waals surface area contributed by atoms with Crippen molar-refractivity contribution in [2.75, 3.05) is 19.7 Å². The van der Waals surface area contributed by atoms with Gasteiger partial charge >= 0.3 is 0 Å². The van der Waals surface area contributed by atoms with Crippen molar-refractivity contribution < 1.29 is 9.53 Å². The molecule has 132 valence electrons. The number of carbonyl (C=O) groups is 1. The van der Waals surface area contributed by atoms with Gasteiger partial charge in [-0.05, 0) is 73.5 Å². The molecule has 0 aromatic carbocycles. The maximum absolute atomic E-state index is 13.0. The number of rotatable bonds is 8. The Bertz CT molecular complexity index is 552. The minimum atomic E-state index is -0.386. The number of ether oxygens (including phenoxy) is 1. The molecule has 1 aromatic rings. The second-order valence-corrected chi connectivity index (χ2v) is 7.80. The summed E-state index contributed by atoms with van der Waals surface area (Å²) in [6.07, 6.45) is 5.71. The van der Waals surface area contributed by atoms with Gasteiger partial charge in [0.15, 0.2) is 0 Å². The topological polar surface area (TPSA) is 41.6 Å². The van der Waals surface area contributed by atoms with Crippen molar-refractivity contribution in [1.82, 2.24) is 10.2 Å². The molecule has 1 N–H and O–H groups in total. The van der Waals surface area contributed by atoms with Crippen LogP contribution in [0.1, 0.15) is 38.2 Å². The Kier molecular flexibility index (Phi) is 5.74. The average Bonchev–Trinajstić information content (AvgIpc) is 3.03. The van der Waals surface area contributed by atoms with Crippen LogP contribution in [0.25, 0.3) is 0 Å². The SMILES string of the molecule is C=CCCOC(C)C(=O)N(Cc1ccsc1)C1CC12CCNCC2. The minimum absolute atomic E-state index is 0.130. The van der Waals surface area contributed by atoms with E-state index in [1.54, 1.807) is 11.3 Å². The van der Waals surface area contributed by atoms with E-state index in [-0.39, 0.29) is 12.0 Å². The average molecular weight is 349 g/mol. The van der Waals surface area contributed by atoms with Crippen LogP contribution >= 0.6 is 11.3 Å². The molecule has 2 fully saturated rings. The molecule has 2 aliphatic rings. The largest absolute Gasteiger partial charge is 0.368 e. The maximum atomic E-state index is 13.0. The van der Waals surface area contributed by atoms with Crippen molar-refractivity contribution in [3.05, 3.63) is 35.0 Å². The summed E-state index contributed by atoms with van der Waals surface area (Å²) < 4.78 is 5.73. The Morgan fingerprint density at radius 2 is 2.38 bits per heavy atom. The first-order chi connectivity index (χ1) is 11.7. The molecule has 0 radical (unpaired) electrons. The highest BCUT2D eigenvalue weighted by Crippen LogP contribution is 2.56. The van der Waals surface area contributed by atoms with Gasteiger partial charge < -0.3 is 15.0 Å². The van der Waals surface area contributed by atoms with Gasteiger partial charge in [-0.1, -0.05) is 6.08 Å². The fourth-order valence-electron chi connectivity index (χ4n) is 3.78. The smallest absolute Gasteiger partial charge is 0.251 e. The molecule has 1 aliphatic carbocycles. The molecular formula is C19H28N2O2S. The first-order valence-corrected chi connectivity index (χ1v) is 9.85. The second kappa shape index (κ2) is 7.81. The first kappa shape index (κ1) is 17.6. The number of hydrogen-bond donors (Lipinski definition) is 1. The molecule has 1 aliphatic heterocycles. The van der Waals surface area contributed by atoms with Gasteiger partial charge in [0.25, 0.3) is 5.91 Å². The number of amides is 1. The van der Waals surface area contributed by atoms with Crippen molar-refractivity contribution in [2.45, 2.75) is 51.3 Å². The predicted octanol–water partition coefficient (Wildman–Crippen LogP) is 3.20. The summed E-state index contributed by atoms with van der Waals surface area (Å²) >= 11 is 1.69. The van der Waals surface area contributed by atoms with E-state index in [1.165, 1.54) is 18.4 Å². The summed E-state index contributed by atoms with van der Waals surface area (Å²) in [5.41, 5.74) is 1.57. The lowest BCUT2D eigenvalue weighted by atomic mass is 9.93. The van der Waals surface area contributed by atoms with Gasteiger partial charge in [-0.25, -0.2) is 0 Å². The molecule has 2 atom stereocenters. The van der Waals surface area contributed by atoms with E-state index in [2.05, 4.69) is 33.6 Å². The molecule has 1 saturated carbocycles. The normalized spacial score (nSPS) is 23.0.